The highest BCUT2D eigenvalue weighted by Crippen LogP contribution is 2.29. The molecule has 3 heteroatoms. The van der Waals surface area contributed by atoms with Gasteiger partial charge in [0, 0.05) is 31.3 Å². The average Bonchev–Trinajstić information content (AvgIpc) is 2.46. The van der Waals surface area contributed by atoms with E-state index in [1.807, 2.05) is 12.3 Å². The van der Waals surface area contributed by atoms with Crippen LogP contribution in [0.2, 0.25) is 0 Å². The first kappa shape index (κ1) is 15.4. The first-order valence-corrected chi connectivity index (χ1v) is 8.19. The second kappa shape index (κ2) is 6.35. The summed E-state index contributed by atoms with van der Waals surface area (Å²) in [5, 5.41) is 1.22. The van der Waals surface area contributed by atoms with Crippen LogP contribution < -0.4 is 0 Å². The van der Waals surface area contributed by atoms with E-state index in [4.69, 9.17) is 4.74 Å². The van der Waals surface area contributed by atoms with Crippen LogP contribution >= 0.6 is 0 Å². The van der Waals surface area contributed by atoms with E-state index in [0.717, 1.165) is 37.6 Å². The van der Waals surface area contributed by atoms with Crippen LogP contribution in [-0.4, -0.2) is 35.7 Å². The van der Waals surface area contributed by atoms with Crippen LogP contribution in [0.1, 0.15) is 32.3 Å². The summed E-state index contributed by atoms with van der Waals surface area (Å²) in [6.07, 6.45) is 4.19. The highest BCUT2D eigenvalue weighted by atomic mass is 16.5. The maximum atomic E-state index is 5.82. The third-order valence-electron chi connectivity index (χ3n) is 4.53. The van der Waals surface area contributed by atoms with Crippen molar-refractivity contribution in [2.75, 3.05) is 20.2 Å². The highest BCUT2D eigenvalue weighted by Gasteiger charge is 2.29. The zero-order chi connectivity index (χ0) is 15.6. The lowest BCUT2D eigenvalue weighted by Crippen LogP contribution is -2.38. The Morgan fingerprint density at radius 3 is 2.91 bits per heavy atom. The maximum Gasteiger partial charge on any atom is 0.0746 e. The molecule has 1 fully saturated rings. The van der Waals surface area contributed by atoms with E-state index in [-0.39, 0.29) is 5.60 Å². The Hall–Kier alpha value is -1.45. The molecular formula is C19H26N2O. The van der Waals surface area contributed by atoms with Gasteiger partial charge in [-0.2, -0.15) is 0 Å². The molecule has 1 aromatic heterocycles. The molecule has 1 aromatic carbocycles. The molecule has 1 unspecified atom stereocenters. The van der Waals surface area contributed by atoms with Gasteiger partial charge >= 0.3 is 0 Å². The van der Waals surface area contributed by atoms with Crippen molar-refractivity contribution in [3.05, 3.63) is 42.1 Å². The minimum absolute atomic E-state index is 0.0325. The van der Waals surface area contributed by atoms with Crippen molar-refractivity contribution in [3.8, 4) is 0 Å². The number of aromatic nitrogens is 1. The van der Waals surface area contributed by atoms with Gasteiger partial charge in [-0.15, -0.1) is 0 Å². The Kier molecular flexibility index (Phi) is 4.46. The molecule has 1 saturated heterocycles. The van der Waals surface area contributed by atoms with Gasteiger partial charge in [0.05, 0.1) is 11.1 Å². The molecule has 1 aliphatic heterocycles. The van der Waals surface area contributed by atoms with E-state index in [2.05, 4.69) is 55.0 Å². The van der Waals surface area contributed by atoms with Gasteiger partial charge in [0.2, 0.25) is 0 Å². The number of ether oxygens (including phenoxy) is 1. The summed E-state index contributed by atoms with van der Waals surface area (Å²) in [4.78, 5) is 6.98. The van der Waals surface area contributed by atoms with Gasteiger partial charge in [0.15, 0.2) is 0 Å². The fourth-order valence-corrected chi connectivity index (χ4v) is 3.61. The van der Waals surface area contributed by atoms with E-state index in [0.29, 0.717) is 0 Å². The topological polar surface area (TPSA) is 25.4 Å². The van der Waals surface area contributed by atoms with Crippen LogP contribution in [0.5, 0.6) is 0 Å². The Balaban J connectivity index is 1.67. The predicted octanol–water partition coefficient (Wildman–Crippen LogP) is 3.87. The molecule has 0 spiro atoms. The van der Waals surface area contributed by atoms with Gasteiger partial charge in [0.25, 0.3) is 0 Å². The number of pyridine rings is 1. The highest BCUT2D eigenvalue weighted by molar-refractivity contribution is 5.81. The van der Waals surface area contributed by atoms with Crippen molar-refractivity contribution in [2.45, 2.75) is 38.8 Å². The quantitative estimate of drug-likeness (QED) is 0.856. The molecule has 0 radical (unpaired) electrons. The lowest BCUT2D eigenvalue weighted by atomic mass is 9.88. The molecule has 1 aliphatic rings. The van der Waals surface area contributed by atoms with Crippen molar-refractivity contribution in [1.82, 2.24) is 9.88 Å². The number of nitrogens with zero attached hydrogens (tertiary/aromatic N) is 2. The molecule has 0 amide bonds. The number of hydrogen-bond acceptors (Lipinski definition) is 3. The van der Waals surface area contributed by atoms with Crippen LogP contribution in [0.4, 0.5) is 0 Å². The summed E-state index contributed by atoms with van der Waals surface area (Å²) < 4.78 is 5.82. The molecule has 3 rings (SSSR count). The zero-order valence-corrected chi connectivity index (χ0v) is 13.9. The van der Waals surface area contributed by atoms with Crippen molar-refractivity contribution < 1.29 is 4.74 Å². The number of para-hydroxylation sites is 1. The third-order valence-corrected chi connectivity index (χ3v) is 4.53. The molecule has 0 bridgehead atoms. The van der Waals surface area contributed by atoms with E-state index >= 15 is 0 Å². The molecular weight excluding hydrogens is 272 g/mol. The van der Waals surface area contributed by atoms with E-state index in [9.17, 15) is 0 Å². The number of rotatable bonds is 4. The molecule has 118 valence electrons. The predicted molar refractivity (Wildman–Crippen MR) is 90.8 cm³/mol. The fourth-order valence-electron chi connectivity index (χ4n) is 3.61. The monoisotopic (exact) mass is 298 g/mol. The van der Waals surface area contributed by atoms with Crippen LogP contribution in [0.15, 0.2) is 36.5 Å². The normalized spacial score (nSPS) is 21.4. The molecule has 0 N–H and O–H groups in total. The fraction of sp³-hybridized carbons (Fsp3) is 0.526. The van der Waals surface area contributed by atoms with Crippen LogP contribution in [0.3, 0.4) is 0 Å². The minimum atomic E-state index is 0.0325. The van der Waals surface area contributed by atoms with Crippen molar-refractivity contribution in [1.29, 1.82) is 0 Å². The van der Waals surface area contributed by atoms with Gasteiger partial charge in [-0.1, -0.05) is 24.3 Å². The number of hydrogen-bond donors (Lipinski definition) is 0. The summed E-state index contributed by atoms with van der Waals surface area (Å²) in [5.74, 6) is 0.719. The summed E-state index contributed by atoms with van der Waals surface area (Å²) in [6, 6.07) is 10.6. The lowest BCUT2D eigenvalue weighted by Gasteiger charge is -2.37. The van der Waals surface area contributed by atoms with E-state index in [1.165, 1.54) is 17.4 Å². The van der Waals surface area contributed by atoms with Gasteiger partial charge in [0.1, 0.15) is 0 Å². The maximum absolute atomic E-state index is 5.82. The first-order valence-electron chi connectivity index (χ1n) is 8.19. The summed E-state index contributed by atoms with van der Waals surface area (Å²) in [7, 11) is 2.21. The van der Waals surface area contributed by atoms with Crippen molar-refractivity contribution >= 4 is 10.9 Å². The summed E-state index contributed by atoms with van der Waals surface area (Å²) in [5.41, 5.74) is 2.47. The smallest absolute Gasteiger partial charge is 0.0746 e. The number of benzene rings is 1. The Labute approximate surface area is 133 Å². The third kappa shape index (κ3) is 3.65. The molecule has 0 saturated carbocycles. The van der Waals surface area contributed by atoms with Gasteiger partial charge in [-0.3, -0.25) is 4.98 Å². The van der Waals surface area contributed by atoms with E-state index < -0.39 is 0 Å². The Morgan fingerprint density at radius 2 is 2.09 bits per heavy atom. The lowest BCUT2D eigenvalue weighted by molar-refractivity contribution is -0.0761. The molecule has 1 atom stereocenters. The average molecular weight is 298 g/mol. The molecule has 2 heterocycles. The van der Waals surface area contributed by atoms with Gasteiger partial charge in [-0.05, 0) is 51.3 Å². The molecule has 2 aromatic rings. The Bertz CT molecular complexity index is 633. The second-order valence-corrected chi connectivity index (χ2v) is 7.16. The van der Waals surface area contributed by atoms with Crippen LogP contribution in [0, 0.1) is 5.92 Å². The minimum Gasteiger partial charge on any atom is -0.376 e. The zero-order valence-electron chi connectivity index (χ0n) is 13.9. The first-order chi connectivity index (χ1) is 10.5. The molecule has 22 heavy (non-hydrogen) atoms. The standard InChI is InChI=1S/C19H26N2O/c1-19(2)12-15(9-11-22-19)13-21(3)14-17-7-4-6-16-8-5-10-20-18(16)17/h4-8,10,15H,9,11-14H2,1-3H3. The van der Waals surface area contributed by atoms with Gasteiger partial charge in [-0.25, -0.2) is 0 Å². The van der Waals surface area contributed by atoms with Crippen molar-refractivity contribution in [2.24, 2.45) is 5.92 Å². The molecule has 0 aliphatic carbocycles. The van der Waals surface area contributed by atoms with E-state index in [1.54, 1.807) is 0 Å². The number of fused-ring (bicyclic) bond motifs is 1. The van der Waals surface area contributed by atoms with Crippen LogP contribution in [0.25, 0.3) is 10.9 Å². The largest absolute Gasteiger partial charge is 0.376 e. The summed E-state index contributed by atoms with van der Waals surface area (Å²) in [6.45, 7) is 7.37. The summed E-state index contributed by atoms with van der Waals surface area (Å²) >= 11 is 0. The van der Waals surface area contributed by atoms with Gasteiger partial charge < -0.3 is 9.64 Å². The molecule has 3 nitrogen and oxygen atoms in total. The van der Waals surface area contributed by atoms with Crippen molar-refractivity contribution in [3.63, 3.8) is 0 Å². The second-order valence-electron chi connectivity index (χ2n) is 7.16. The SMILES string of the molecule is CN(Cc1cccc2cccnc12)CC1CCOC(C)(C)C1. The Morgan fingerprint density at radius 1 is 1.27 bits per heavy atom. The van der Waals surface area contributed by atoms with Crippen LogP contribution in [-0.2, 0) is 11.3 Å².